The molecule has 0 aliphatic carbocycles. The maximum absolute atomic E-state index is 13.3. The number of nitriles is 1. The number of carbonyl (C=O) groups excluding carboxylic acids is 3. The summed E-state index contributed by atoms with van der Waals surface area (Å²) in [6, 6.07) is 5.56. The van der Waals surface area contributed by atoms with Gasteiger partial charge in [0.15, 0.2) is 0 Å². The first kappa shape index (κ1) is 20.1. The molecule has 0 unspecified atom stereocenters. The summed E-state index contributed by atoms with van der Waals surface area (Å²) in [6.45, 7) is 2.84. The maximum Gasteiger partial charge on any atom is 0.243 e. The normalized spacial score (nSPS) is 13.8. The fraction of sp³-hybridized carbons (Fsp3) is 0.412. The standard InChI is InChI=1S/C17H21FN4O3/c1-10(9-19)6-14(16(20)24)22-17(25)15(21-11(2)23)8-12-4-3-5-13(18)7-12/h3-5,7,10,14-15H,6,8H2,1-2H3,(H2,20,24)(H,21,23)(H,22,25)/t10-,14-,15+/m1/s1. The second kappa shape index (κ2) is 9.37. The fourth-order valence-electron chi connectivity index (χ4n) is 2.28. The maximum atomic E-state index is 13.3. The van der Waals surface area contributed by atoms with Crippen LogP contribution in [0.1, 0.15) is 25.8 Å². The highest BCUT2D eigenvalue weighted by Gasteiger charge is 2.26. The molecule has 0 spiro atoms. The van der Waals surface area contributed by atoms with Crippen LogP contribution in [0.5, 0.6) is 0 Å². The molecule has 3 amide bonds. The fourth-order valence-corrected chi connectivity index (χ4v) is 2.28. The van der Waals surface area contributed by atoms with Gasteiger partial charge in [-0.05, 0) is 31.0 Å². The number of primary amides is 1. The van der Waals surface area contributed by atoms with E-state index in [0.717, 1.165) is 0 Å². The number of carbonyl (C=O) groups is 3. The lowest BCUT2D eigenvalue weighted by Gasteiger charge is -2.22. The Kier molecular flexibility index (Phi) is 7.53. The Hall–Kier alpha value is -2.95. The van der Waals surface area contributed by atoms with Crippen LogP contribution >= 0.6 is 0 Å². The zero-order chi connectivity index (χ0) is 19.0. The molecule has 0 fully saturated rings. The second-order valence-electron chi connectivity index (χ2n) is 5.82. The molecular weight excluding hydrogens is 327 g/mol. The number of hydrogen-bond acceptors (Lipinski definition) is 4. The molecule has 3 atom stereocenters. The van der Waals surface area contributed by atoms with Crippen LogP contribution in [0.3, 0.4) is 0 Å². The highest BCUT2D eigenvalue weighted by Crippen LogP contribution is 2.09. The lowest BCUT2D eigenvalue weighted by atomic mass is 10.0. The zero-order valence-corrected chi connectivity index (χ0v) is 14.1. The first-order valence-electron chi connectivity index (χ1n) is 7.73. The van der Waals surface area contributed by atoms with Crippen molar-refractivity contribution in [3.8, 4) is 6.07 Å². The van der Waals surface area contributed by atoms with E-state index in [4.69, 9.17) is 11.0 Å². The van der Waals surface area contributed by atoms with Gasteiger partial charge in [-0.15, -0.1) is 0 Å². The number of hydrogen-bond donors (Lipinski definition) is 3. The Morgan fingerprint density at radius 2 is 1.96 bits per heavy atom. The molecule has 0 radical (unpaired) electrons. The van der Waals surface area contributed by atoms with Gasteiger partial charge in [0.2, 0.25) is 17.7 Å². The van der Waals surface area contributed by atoms with E-state index in [-0.39, 0.29) is 12.8 Å². The summed E-state index contributed by atoms with van der Waals surface area (Å²) < 4.78 is 13.3. The highest BCUT2D eigenvalue weighted by molar-refractivity contribution is 5.91. The van der Waals surface area contributed by atoms with E-state index in [1.54, 1.807) is 13.0 Å². The summed E-state index contributed by atoms with van der Waals surface area (Å²) in [5, 5.41) is 13.8. The molecule has 0 aliphatic rings. The monoisotopic (exact) mass is 348 g/mol. The Balaban J connectivity index is 2.89. The van der Waals surface area contributed by atoms with Crippen LogP contribution < -0.4 is 16.4 Å². The number of nitrogens with zero attached hydrogens (tertiary/aromatic N) is 1. The Bertz CT molecular complexity index is 687. The average Bonchev–Trinajstić information content (AvgIpc) is 2.52. The molecule has 1 aromatic rings. The Morgan fingerprint density at radius 3 is 2.48 bits per heavy atom. The quantitative estimate of drug-likeness (QED) is 0.628. The molecule has 0 bridgehead atoms. The van der Waals surface area contributed by atoms with Crippen LogP contribution in [0.4, 0.5) is 4.39 Å². The van der Waals surface area contributed by atoms with Gasteiger partial charge in [0, 0.05) is 19.3 Å². The molecule has 0 heterocycles. The van der Waals surface area contributed by atoms with Crippen LogP contribution in [0.15, 0.2) is 24.3 Å². The molecule has 8 heteroatoms. The van der Waals surface area contributed by atoms with Crippen LogP contribution in [-0.4, -0.2) is 29.8 Å². The van der Waals surface area contributed by atoms with Gasteiger partial charge < -0.3 is 16.4 Å². The van der Waals surface area contributed by atoms with Gasteiger partial charge in [-0.3, -0.25) is 14.4 Å². The van der Waals surface area contributed by atoms with Gasteiger partial charge in [-0.1, -0.05) is 12.1 Å². The summed E-state index contributed by atoms with van der Waals surface area (Å²) >= 11 is 0. The van der Waals surface area contributed by atoms with E-state index < -0.39 is 41.5 Å². The molecule has 4 N–H and O–H groups in total. The van der Waals surface area contributed by atoms with Crippen molar-refractivity contribution in [3.05, 3.63) is 35.6 Å². The molecule has 0 aliphatic heterocycles. The van der Waals surface area contributed by atoms with Crippen molar-refractivity contribution in [3.63, 3.8) is 0 Å². The highest BCUT2D eigenvalue weighted by atomic mass is 19.1. The predicted molar refractivity (Wildman–Crippen MR) is 88.2 cm³/mol. The molecular formula is C17H21FN4O3. The van der Waals surface area contributed by atoms with Gasteiger partial charge >= 0.3 is 0 Å². The van der Waals surface area contributed by atoms with Crippen molar-refractivity contribution < 1.29 is 18.8 Å². The molecule has 134 valence electrons. The molecule has 0 aromatic heterocycles. The minimum Gasteiger partial charge on any atom is -0.368 e. The summed E-state index contributed by atoms with van der Waals surface area (Å²) in [6.07, 6.45) is 0.104. The number of nitrogens with two attached hydrogens (primary N) is 1. The number of nitrogens with one attached hydrogen (secondary N) is 2. The van der Waals surface area contributed by atoms with Crippen LogP contribution in [0.2, 0.25) is 0 Å². The first-order valence-corrected chi connectivity index (χ1v) is 7.73. The third-order valence-electron chi connectivity index (χ3n) is 3.49. The Morgan fingerprint density at radius 1 is 1.28 bits per heavy atom. The molecule has 1 rings (SSSR count). The third-order valence-corrected chi connectivity index (χ3v) is 3.49. The SMILES string of the molecule is CC(=O)N[C@@H](Cc1cccc(F)c1)C(=O)N[C@H](C[C@@H](C)C#N)C(N)=O. The lowest BCUT2D eigenvalue weighted by Crippen LogP contribution is -2.53. The largest absolute Gasteiger partial charge is 0.368 e. The lowest BCUT2D eigenvalue weighted by molar-refractivity contribution is -0.131. The second-order valence-corrected chi connectivity index (χ2v) is 5.82. The van der Waals surface area contributed by atoms with E-state index >= 15 is 0 Å². The summed E-state index contributed by atoms with van der Waals surface area (Å²) in [4.78, 5) is 35.3. The van der Waals surface area contributed by atoms with Gasteiger partial charge in [0.25, 0.3) is 0 Å². The van der Waals surface area contributed by atoms with E-state index in [0.29, 0.717) is 5.56 Å². The van der Waals surface area contributed by atoms with Crippen LogP contribution in [0, 0.1) is 23.1 Å². The minimum absolute atomic E-state index is 0.0441. The molecule has 25 heavy (non-hydrogen) atoms. The first-order chi connectivity index (χ1) is 11.7. The topological polar surface area (TPSA) is 125 Å². The number of benzene rings is 1. The van der Waals surface area contributed by atoms with E-state index in [9.17, 15) is 18.8 Å². The van der Waals surface area contributed by atoms with Crippen molar-refractivity contribution in [2.24, 2.45) is 11.7 Å². The smallest absolute Gasteiger partial charge is 0.243 e. The van der Waals surface area contributed by atoms with Crippen molar-refractivity contribution in [1.82, 2.24) is 10.6 Å². The molecule has 1 aromatic carbocycles. The van der Waals surface area contributed by atoms with Crippen LogP contribution in [-0.2, 0) is 20.8 Å². The summed E-state index contributed by atoms with van der Waals surface area (Å²) in [5.74, 6) is -2.80. The van der Waals surface area contributed by atoms with E-state index in [2.05, 4.69) is 10.6 Å². The third kappa shape index (κ3) is 6.99. The number of rotatable bonds is 8. The van der Waals surface area contributed by atoms with Gasteiger partial charge in [-0.25, -0.2) is 4.39 Å². The van der Waals surface area contributed by atoms with Crippen molar-refractivity contribution >= 4 is 17.7 Å². The Labute approximate surface area is 145 Å². The predicted octanol–water partition coefficient (Wildman–Crippen LogP) is 0.393. The van der Waals surface area contributed by atoms with E-state index in [1.165, 1.54) is 25.1 Å². The van der Waals surface area contributed by atoms with Crippen molar-refractivity contribution in [2.45, 2.75) is 38.8 Å². The average molecular weight is 348 g/mol. The van der Waals surface area contributed by atoms with Gasteiger partial charge in [-0.2, -0.15) is 5.26 Å². The summed E-state index contributed by atoms with van der Waals surface area (Å²) in [7, 11) is 0. The summed E-state index contributed by atoms with van der Waals surface area (Å²) in [5.41, 5.74) is 5.77. The molecule has 7 nitrogen and oxygen atoms in total. The minimum atomic E-state index is -1.04. The van der Waals surface area contributed by atoms with Crippen LogP contribution in [0.25, 0.3) is 0 Å². The van der Waals surface area contributed by atoms with Gasteiger partial charge in [0.05, 0.1) is 6.07 Å². The molecule has 0 saturated heterocycles. The number of amides is 3. The zero-order valence-electron chi connectivity index (χ0n) is 14.1. The van der Waals surface area contributed by atoms with Gasteiger partial charge in [0.1, 0.15) is 17.9 Å². The number of halogens is 1. The van der Waals surface area contributed by atoms with E-state index in [1.807, 2.05) is 6.07 Å². The van der Waals surface area contributed by atoms with Crippen molar-refractivity contribution in [1.29, 1.82) is 5.26 Å². The molecule has 0 saturated carbocycles. The van der Waals surface area contributed by atoms with Crippen molar-refractivity contribution in [2.75, 3.05) is 0 Å².